The summed E-state index contributed by atoms with van der Waals surface area (Å²) in [6, 6.07) is -0.803. The van der Waals surface area contributed by atoms with Crippen LogP contribution in [0.1, 0.15) is 0 Å². The van der Waals surface area contributed by atoms with Crippen LogP contribution in [0, 0.1) is 0 Å². The molecule has 6 heteroatoms. The molecule has 1 fully saturated rings. The van der Waals surface area contributed by atoms with Crippen LogP contribution in [0.25, 0.3) is 0 Å². The molecule has 0 aliphatic carbocycles. The molecule has 1 rings (SSSR count). The molecular formula is C7H15NO5. The van der Waals surface area contributed by atoms with E-state index in [-0.39, 0.29) is 6.61 Å². The van der Waals surface area contributed by atoms with Crippen molar-refractivity contribution in [2.24, 2.45) is 5.73 Å². The van der Waals surface area contributed by atoms with Gasteiger partial charge in [-0.25, -0.2) is 0 Å². The van der Waals surface area contributed by atoms with E-state index in [1.165, 1.54) is 7.11 Å². The third kappa shape index (κ3) is 1.98. The van der Waals surface area contributed by atoms with Gasteiger partial charge in [0.2, 0.25) is 0 Å². The number of rotatable bonds is 2. The molecule has 0 aromatic heterocycles. The number of hydrogen-bond donors (Lipinski definition) is 4. The summed E-state index contributed by atoms with van der Waals surface area (Å²) in [5.74, 6) is 0. The Labute approximate surface area is 75.9 Å². The van der Waals surface area contributed by atoms with Crippen molar-refractivity contribution in [3.63, 3.8) is 0 Å². The van der Waals surface area contributed by atoms with E-state index in [2.05, 4.69) is 0 Å². The van der Waals surface area contributed by atoms with Gasteiger partial charge in [0.15, 0.2) is 6.29 Å². The Morgan fingerprint density at radius 1 is 1.38 bits per heavy atom. The van der Waals surface area contributed by atoms with Crippen LogP contribution >= 0.6 is 0 Å². The van der Waals surface area contributed by atoms with E-state index < -0.39 is 30.6 Å². The topological polar surface area (TPSA) is 105 Å². The molecular weight excluding hydrogens is 178 g/mol. The smallest absolute Gasteiger partial charge is 0.175 e. The molecule has 4 unspecified atom stereocenters. The zero-order chi connectivity index (χ0) is 10.0. The lowest BCUT2D eigenvalue weighted by atomic mass is 9.98. The summed E-state index contributed by atoms with van der Waals surface area (Å²) < 4.78 is 9.90. The predicted molar refractivity (Wildman–Crippen MR) is 42.7 cm³/mol. The predicted octanol–water partition coefficient (Wildman–Crippen LogP) is -2.60. The van der Waals surface area contributed by atoms with Crippen molar-refractivity contribution < 1.29 is 24.8 Å². The second-order valence-electron chi connectivity index (χ2n) is 3.02. The van der Waals surface area contributed by atoms with Gasteiger partial charge in [-0.15, -0.1) is 0 Å². The van der Waals surface area contributed by atoms with Crippen LogP contribution in [-0.2, 0) is 9.47 Å². The maximum Gasteiger partial charge on any atom is 0.175 e. The number of hydrogen-bond acceptors (Lipinski definition) is 6. The average Bonchev–Trinajstić information content (AvgIpc) is 2.15. The molecule has 1 saturated heterocycles. The van der Waals surface area contributed by atoms with Crippen LogP contribution in [0.3, 0.4) is 0 Å². The molecule has 0 saturated carbocycles. The standard InChI is InChI=1S/C7H15NO5/c1-12-7-4(8)6(11)5(10)3(2-9)13-7/h3-7,9-11H,2,8H2,1H3/t3?,4-,5?,6?,7?/m1/s1. The van der Waals surface area contributed by atoms with Crippen LogP contribution in [0.5, 0.6) is 0 Å². The molecule has 0 aromatic carbocycles. The summed E-state index contributed by atoms with van der Waals surface area (Å²) in [6.45, 7) is -0.384. The molecule has 0 amide bonds. The number of aliphatic hydroxyl groups excluding tert-OH is 3. The fourth-order valence-corrected chi connectivity index (χ4v) is 1.32. The normalized spacial score (nSPS) is 46.4. The van der Waals surface area contributed by atoms with E-state index in [1.54, 1.807) is 0 Å². The van der Waals surface area contributed by atoms with E-state index in [0.29, 0.717) is 0 Å². The van der Waals surface area contributed by atoms with Crippen molar-refractivity contribution >= 4 is 0 Å². The van der Waals surface area contributed by atoms with Gasteiger partial charge < -0.3 is 30.5 Å². The molecule has 1 aliphatic rings. The molecule has 6 nitrogen and oxygen atoms in total. The van der Waals surface area contributed by atoms with Gasteiger partial charge >= 0.3 is 0 Å². The Balaban J connectivity index is 2.66. The van der Waals surface area contributed by atoms with E-state index in [0.717, 1.165) is 0 Å². The first-order chi connectivity index (χ1) is 6.11. The average molecular weight is 193 g/mol. The van der Waals surface area contributed by atoms with Crippen LogP contribution in [-0.4, -0.2) is 59.7 Å². The van der Waals surface area contributed by atoms with Crippen LogP contribution in [0.15, 0.2) is 0 Å². The second-order valence-corrected chi connectivity index (χ2v) is 3.02. The quantitative estimate of drug-likeness (QED) is 0.383. The first-order valence-electron chi connectivity index (χ1n) is 4.02. The van der Waals surface area contributed by atoms with Crippen LogP contribution in [0.4, 0.5) is 0 Å². The maximum absolute atomic E-state index is 9.40. The number of ether oxygens (including phenoxy) is 2. The van der Waals surface area contributed by atoms with Crippen LogP contribution in [0.2, 0.25) is 0 Å². The first-order valence-corrected chi connectivity index (χ1v) is 4.02. The SMILES string of the molecule is COC1OC(CO)C(O)C(O)[C@H]1N. The lowest BCUT2D eigenvalue weighted by Gasteiger charge is -2.39. The van der Waals surface area contributed by atoms with Crippen LogP contribution < -0.4 is 5.73 Å². The highest BCUT2D eigenvalue weighted by Gasteiger charge is 2.42. The molecule has 5 N–H and O–H groups in total. The van der Waals surface area contributed by atoms with Crippen molar-refractivity contribution in [2.75, 3.05) is 13.7 Å². The molecule has 0 spiro atoms. The Hall–Kier alpha value is -0.240. The summed E-state index contributed by atoms with van der Waals surface area (Å²) in [6.07, 6.45) is -3.96. The molecule has 78 valence electrons. The summed E-state index contributed by atoms with van der Waals surface area (Å²) in [7, 11) is 1.38. The monoisotopic (exact) mass is 193 g/mol. The zero-order valence-corrected chi connectivity index (χ0v) is 7.33. The van der Waals surface area contributed by atoms with Gasteiger partial charge in [-0.3, -0.25) is 0 Å². The zero-order valence-electron chi connectivity index (χ0n) is 7.33. The van der Waals surface area contributed by atoms with Gasteiger partial charge in [-0.1, -0.05) is 0 Å². The number of methoxy groups -OCH3 is 1. The second kappa shape index (κ2) is 4.32. The minimum Gasteiger partial charge on any atom is -0.394 e. The van der Waals surface area contributed by atoms with Gasteiger partial charge in [-0.2, -0.15) is 0 Å². The van der Waals surface area contributed by atoms with Crippen molar-refractivity contribution in [3.05, 3.63) is 0 Å². The first kappa shape index (κ1) is 10.8. The number of nitrogens with two attached hydrogens (primary N) is 1. The van der Waals surface area contributed by atoms with Gasteiger partial charge in [0, 0.05) is 7.11 Å². The Kier molecular flexibility index (Phi) is 3.60. The van der Waals surface area contributed by atoms with Crippen molar-refractivity contribution in [1.82, 2.24) is 0 Å². The minimum absolute atomic E-state index is 0.384. The van der Waals surface area contributed by atoms with Gasteiger partial charge in [-0.05, 0) is 0 Å². The minimum atomic E-state index is -1.17. The third-order valence-electron chi connectivity index (χ3n) is 2.16. The lowest BCUT2D eigenvalue weighted by Crippen LogP contribution is -2.62. The van der Waals surface area contributed by atoms with Crippen molar-refractivity contribution in [3.8, 4) is 0 Å². The largest absolute Gasteiger partial charge is 0.394 e. The van der Waals surface area contributed by atoms with E-state index >= 15 is 0 Å². The van der Waals surface area contributed by atoms with Crippen molar-refractivity contribution in [1.29, 1.82) is 0 Å². The van der Waals surface area contributed by atoms with Gasteiger partial charge in [0.05, 0.1) is 12.6 Å². The third-order valence-corrected chi connectivity index (χ3v) is 2.16. The molecule has 1 heterocycles. The van der Waals surface area contributed by atoms with E-state index in [1.807, 2.05) is 0 Å². The van der Waals surface area contributed by atoms with E-state index in [4.69, 9.17) is 20.3 Å². The Morgan fingerprint density at radius 3 is 2.46 bits per heavy atom. The Morgan fingerprint density at radius 2 is 2.00 bits per heavy atom. The highest BCUT2D eigenvalue weighted by Crippen LogP contribution is 2.19. The van der Waals surface area contributed by atoms with E-state index in [9.17, 15) is 10.2 Å². The maximum atomic E-state index is 9.40. The summed E-state index contributed by atoms with van der Waals surface area (Å²) >= 11 is 0. The molecule has 13 heavy (non-hydrogen) atoms. The van der Waals surface area contributed by atoms with Gasteiger partial charge in [0.25, 0.3) is 0 Å². The molecule has 0 aromatic rings. The molecule has 5 atom stereocenters. The lowest BCUT2D eigenvalue weighted by molar-refractivity contribution is -0.257. The summed E-state index contributed by atoms with van der Waals surface area (Å²) in [4.78, 5) is 0. The highest BCUT2D eigenvalue weighted by molar-refractivity contribution is 4.91. The number of aliphatic hydroxyl groups is 3. The van der Waals surface area contributed by atoms with Crippen molar-refractivity contribution in [2.45, 2.75) is 30.6 Å². The molecule has 1 aliphatic heterocycles. The highest BCUT2D eigenvalue weighted by atomic mass is 16.7. The molecule has 0 bridgehead atoms. The fourth-order valence-electron chi connectivity index (χ4n) is 1.32. The molecule has 0 radical (unpaired) electrons. The summed E-state index contributed by atoms with van der Waals surface area (Å²) in [5, 5.41) is 27.5. The Bertz CT molecular complexity index is 147. The van der Waals surface area contributed by atoms with Gasteiger partial charge in [0.1, 0.15) is 18.3 Å². The fraction of sp³-hybridized carbons (Fsp3) is 1.00. The summed E-state index contributed by atoms with van der Waals surface area (Å²) in [5.41, 5.74) is 5.50.